The van der Waals surface area contributed by atoms with E-state index in [4.69, 9.17) is 4.74 Å². The Morgan fingerprint density at radius 3 is 2.29 bits per heavy atom. The Labute approximate surface area is 104 Å². The molecule has 0 saturated heterocycles. The van der Waals surface area contributed by atoms with E-state index in [0.717, 1.165) is 6.42 Å². The molecule has 0 radical (unpaired) electrons. The highest BCUT2D eigenvalue weighted by Crippen LogP contribution is 2.24. The number of hydrogen-bond donors (Lipinski definition) is 0. The van der Waals surface area contributed by atoms with Crippen LogP contribution in [-0.2, 0) is 9.53 Å². The van der Waals surface area contributed by atoms with Gasteiger partial charge in [0.2, 0.25) is 0 Å². The molecular weight excluding hydrogens is 212 g/mol. The molecule has 0 aliphatic carbocycles. The van der Waals surface area contributed by atoms with Crippen molar-refractivity contribution in [2.75, 3.05) is 0 Å². The molecule has 0 unspecified atom stereocenters. The maximum absolute atomic E-state index is 11.8. The predicted molar refractivity (Wildman–Crippen MR) is 69.9 cm³/mol. The summed E-state index contributed by atoms with van der Waals surface area (Å²) in [5, 5.41) is 0. The van der Waals surface area contributed by atoms with E-state index in [-0.39, 0.29) is 11.9 Å². The second-order valence-corrected chi connectivity index (χ2v) is 5.31. The average molecular weight is 234 g/mol. The van der Waals surface area contributed by atoms with Crippen LogP contribution in [-0.4, -0.2) is 11.6 Å². The van der Waals surface area contributed by atoms with Crippen LogP contribution in [0.4, 0.5) is 0 Å². The van der Waals surface area contributed by atoms with Crippen LogP contribution in [0, 0.1) is 0 Å². The highest BCUT2D eigenvalue weighted by atomic mass is 16.6. The van der Waals surface area contributed by atoms with Crippen molar-refractivity contribution < 1.29 is 9.53 Å². The normalized spacial score (nSPS) is 13.2. The Bertz CT molecular complexity index is 349. The van der Waals surface area contributed by atoms with E-state index < -0.39 is 5.60 Å². The van der Waals surface area contributed by atoms with Gasteiger partial charge in [0, 0.05) is 0 Å². The van der Waals surface area contributed by atoms with Crippen LogP contribution in [0.3, 0.4) is 0 Å². The smallest absolute Gasteiger partial charge is 0.306 e. The minimum atomic E-state index is -0.397. The van der Waals surface area contributed by atoms with Crippen molar-refractivity contribution in [1.82, 2.24) is 0 Å². The fourth-order valence-corrected chi connectivity index (χ4v) is 1.81. The zero-order valence-corrected chi connectivity index (χ0v) is 11.2. The van der Waals surface area contributed by atoms with Gasteiger partial charge in [-0.2, -0.15) is 0 Å². The van der Waals surface area contributed by atoms with Crippen molar-refractivity contribution in [3.63, 3.8) is 0 Å². The molecule has 0 saturated carbocycles. The lowest BCUT2D eigenvalue weighted by atomic mass is 9.93. The van der Waals surface area contributed by atoms with E-state index in [1.807, 2.05) is 39.0 Å². The van der Waals surface area contributed by atoms with Gasteiger partial charge >= 0.3 is 5.97 Å². The molecule has 0 heterocycles. The first kappa shape index (κ1) is 13.8. The molecule has 94 valence electrons. The first-order valence-electron chi connectivity index (χ1n) is 6.19. The molecule has 0 aliphatic heterocycles. The first-order valence-corrected chi connectivity index (χ1v) is 6.19. The Hall–Kier alpha value is -1.31. The number of benzene rings is 1. The summed E-state index contributed by atoms with van der Waals surface area (Å²) in [6, 6.07) is 10.1. The number of rotatable bonds is 4. The maximum atomic E-state index is 11.8. The first-order chi connectivity index (χ1) is 7.92. The molecule has 0 bridgehead atoms. The predicted octanol–water partition coefficient (Wildman–Crippen LogP) is 3.91. The molecule has 1 atom stereocenters. The van der Waals surface area contributed by atoms with Crippen LogP contribution in [0.2, 0.25) is 0 Å². The van der Waals surface area contributed by atoms with Gasteiger partial charge in [-0.1, -0.05) is 37.3 Å². The van der Waals surface area contributed by atoms with Gasteiger partial charge in [-0.3, -0.25) is 4.79 Å². The van der Waals surface area contributed by atoms with Gasteiger partial charge in [-0.25, -0.2) is 0 Å². The molecule has 2 heteroatoms. The molecular formula is C15H22O2. The summed E-state index contributed by atoms with van der Waals surface area (Å²) >= 11 is 0. The molecule has 0 aromatic heterocycles. The molecule has 0 N–H and O–H groups in total. The highest BCUT2D eigenvalue weighted by molar-refractivity contribution is 5.71. The molecule has 0 fully saturated rings. The van der Waals surface area contributed by atoms with Gasteiger partial charge in [0.25, 0.3) is 0 Å². The zero-order chi connectivity index (χ0) is 12.9. The zero-order valence-electron chi connectivity index (χ0n) is 11.2. The van der Waals surface area contributed by atoms with Gasteiger partial charge in [-0.05, 0) is 38.7 Å². The third kappa shape index (κ3) is 5.03. The van der Waals surface area contributed by atoms with Crippen molar-refractivity contribution >= 4 is 5.97 Å². The fourth-order valence-electron chi connectivity index (χ4n) is 1.81. The molecule has 2 nitrogen and oxygen atoms in total. The Morgan fingerprint density at radius 1 is 1.24 bits per heavy atom. The second-order valence-electron chi connectivity index (χ2n) is 5.31. The summed E-state index contributed by atoms with van der Waals surface area (Å²) < 4.78 is 5.35. The number of hydrogen-bond acceptors (Lipinski definition) is 2. The Morgan fingerprint density at radius 2 is 1.82 bits per heavy atom. The topological polar surface area (TPSA) is 26.3 Å². The minimum absolute atomic E-state index is 0.117. The van der Waals surface area contributed by atoms with Crippen molar-refractivity contribution in [2.45, 2.75) is 52.1 Å². The van der Waals surface area contributed by atoms with E-state index in [2.05, 4.69) is 19.1 Å². The van der Waals surface area contributed by atoms with E-state index in [0.29, 0.717) is 6.42 Å². The van der Waals surface area contributed by atoms with Gasteiger partial charge in [-0.15, -0.1) is 0 Å². The SMILES string of the molecule is CC[C@H](CC(=O)OC(C)(C)C)c1ccccc1. The van der Waals surface area contributed by atoms with E-state index in [1.165, 1.54) is 5.56 Å². The minimum Gasteiger partial charge on any atom is -0.460 e. The van der Waals surface area contributed by atoms with Crippen LogP contribution < -0.4 is 0 Å². The van der Waals surface area contributed by atoms with E-state index in [1.54, 1.807) is 0 Å². The lowest BCUT2D eigenvalue weighted by Crippen LogP contribution is -2.24. The van der Waals surface area contributed by atoms with E-state index in [9.17, 15) is 4.79 Å². The molecule has 0 spiro atoms. The van der Waals surface area contributed by atoms with Crippen LogP contribution in [0.25, 0.3) is 0 Å². The molecule has 1 rings (SSSR count). The van der Waals surface area contributed by atoms with Gasteiger partial charge in [0.1, 0.15) is 5.60 Å². The van der Waals surface area contributed by atoms with Crippen LogP contribution in [0.1, 0.15) is 52.0 Å². The van der Waals surface area contributed by atoms with Gasteiger partial charge in [0.05, 0.1) is 6.42 Å². The highest BCUT2D eigenvalue weighted by Gasteiger charge is 2.20. The van der Waals surface area contributed by atoms with Crippen LogP contribution in [0.15, 0.2) is 30.3 Å². The fraction of sp³-hybridized carbons (Fsp3) is 0.533. The Balaban J connectivity index is 2.62. The largest absolute Gasteiger partial charge is 0.460 e. The van der Waals surface area contributed by atoms with Crippen molar-refractivity contribution in [3.05, 3.63) is 35.9 Å². The molecule has 0 amide bonds. The third-order valence-electron chi connectivity index (χ3n) is 2.60. The number of esters is 1. The van der Waals surface area contributed by atoms with E-state index >= 15 is 0 Å². The number of ether oxygens (including phenoxy) is 1. The summed E-state index contributed by atoms with van der Waals surface area (Å²) in [5.41, 5.74) is 0.812. The Kier molecular flexibility index (Phi) is 4.73. The van der Waals surface area contributed by atoms with Gasteiger partial charge in [0.15, 0.2) is 0 Å². The van der Waals surface area contributed by atoms with Crippen LogP contribution in [0.5, 0.6) is 0 Å². The summed E-state index contributed by atoms with van der Waals surface area (Å²) in [6.07, 6.45) is 1.40. The summed E-state index contributed by atoms with van der Waals surface area (Å²) in [7, 11) is 0. The second kappa shape index (κ2) is 5.85. The lowest BCUT2D eigenvalue weighted by molar-refractivity contribution is -0.155. The summed E-state index contributed by atoms with van der Waals surface area (Å²) in [4.78, 5) is 11.8. The summed E-state index contributed by atoms with van der Waals surface area (Å²) in [5.74, 6) is 0.138. The maximum Gasteiger partial charge on any atom is 0.306 e. The molecule has 1 aromatic rings. The summed E-state index contributed by atoms with van der Waals surface area (Å²) in [6.45, 7) is 7.79. The number of carbonyl (C=O) groups is 1. The molecule has 0 aliphatic rings. The number of carbonyl (C=O) groups excluding carboxylic acids is 1. The van der Waals surface area contributed by atoms with Gasteiger partial charge < -0.3 is 4.74 Å². The molecule has 17 heavy (non-hydrogen) atoms. The third-order valence-corrected chi connectivity index (χ3v) is 2.60. The monoisotopic (exact) mass is 234 g/mol. The van der Waals surface area contributed by atoms with Crippen LogP contribution >= 0.6 is 0 Å². The van der Waals surface area contributed by atoms with Crippen molar-refractivity contribution in [1.29, 1.82) is 0 Å². The molecule has 1 aromatic carbocycles. The quantitative estimate of drug-likeness (QED) is 0.738. The van der Waals surface area contributed by atoms with Crippen molar-refractivity contribution in [3.8, 4) is 0 Å². The van der Waals surface area contributed by atoms with Crippen molar-refractivity contribution in [2.24, 2.45) is 0 Å². The average Bonchev–Trinajstić information content (AvgIpc) is 2.24. The standard InChI is InChI=1S/C15H22O2/c1-5-12(13-9-7-6-8-10-13)11-14(16)17-15(2,3)4/h6-10,12H,5,11H2,1-4H3/t12-/m1/s1. The lowest BCUT2D eigenvalue weighted by Gasteiger charge is -2.22.